The molecule has 1 aromatic carbocycles. The number of carbonyl (C=O) groups is 2. The molecule has 0 unspecified atom stereocenters. The van der Waals surface area contributed by atoms with E-state index in [0.29, 0.717) is 5.56 Å². The van der Waals surface area contributed by atoms with Crippen LogP contribution in [0, 0.1) is 0 Å². The maximum absolute atomic E-state index is 11.9. The quantitative estimate of drug-likeness (QED) is 0.792. The maximum atomic E-state index is 11.9. The van der Waals surface area contributed by atoms with Gasteiger partial charge in [-0.15, -0.1) is 0 Å². The van der Waals surface area contributed by atoms with Gasteiger partial charge in [0.15, 0.2) is 0 Å². The summed E-state index contributed by atoms with van der Waals surface area (Å²) in [4.78, 5) is 26.7. The monoisotopic (exact) mass is 334 g/mol. The van der Waals surface area contributed by atoms with Gasteiger partial charge in [-0.1, -0.05) is 48.0 Å². The zero-order valence-corrected chi connectivity index (χ0v) is 12.9. The van der Waals surface area contributed by atoms with E-state index in [4.69, 9.17) is 21.4 Å². The summed E-state index contributed by atoms with van der Waals surface area (Å²) in [5, 5.41) is 11.8. The van der Waals surface area contributed by atoms with E-state index in [2.05, 4.69) is 10.3 Å². The SMILES string of the molecule is O=C(O)C[C@H](NC(=O)OCc1ccccc1)c1ccc(Cl)nc1. The number of amides is 1. The number of benzene rings is 1. The molecule has 1 aromatic heterocycles. The number of nitrogens with one attached hydrogen (secondary N) is 1. The van der Waals surface area contributed by atoms with Crippen LogP contribution < -0.4 is 5.32 Å². The van der Waals surface area contributed by atoms with Crippen LogP contribution in [0.1, 0.15) is 23.6 Å². The molecule has 0 fully saturated rings. The van der Waals surface area contributed by atoms with Gasteiger partial charge < -0.3 is 15.2 Å². The summed E-state index contributed by atoms with van der Waals surface area (Å²) < 4.78 is 5.10. The third-order valence-electron chi connectivity index (χ3n) is 3.04. The topological polar surface area (TPSA) is 88.5 Å². The lowest BCUT2D eigenvalue weighted by Gasteiger charge is -2.17. The fourth-order valence-corrected chi connectivity index (χ4v) is 2.04. The summed E-state index contributed by atoms with van der Waals surface area (Å²) in [6, 6.07) is 11.6. The van der Waals surface area contributed by atoms with Crippen molar-refractivity contribution in [3.8, 4) is 0 Å². The first-order valence-corrected chi connectivity index (χ1v) is 7.23. The van der Waals surface area contributed by atoms with Gasteiger partial charge in [-0.2, -0.15) is 0 Å². The molecule has 0 saturated carbocycles. The van der Waals surface area contributed by atoms with Crippen molar-refractivity contribution in [2.24, 2.45) is 0 Å². The Labute approximate surface area is 138 Å². The minimum Gasteiger partial charge on any atom is -0.481 e. The Kier molecular flexibility index (Phi) is 5.94. The average Bonchev–Trinajstić information content (AvgIpc) is 2.53. The fraction of sp³-hybridized carbons (Fsp3) is 0.188. The second-order valence-corrected chi connectivity index (χ2v) is 5.16. The molecule has 0 aliphatic heterocycles. The Morgan fingerprint density at radius 2 is 1.96 bits per heavy atom. The Morgan fingerprint density at radius 1 is 1.22 bits per heavy atom. The molecule has 120 valence electrons. The Morgan fingerprint density at radius 3 is 2.57 bits per heavy atom. The first-order valence-electron chi connectivity index (χ1n) is 6.85. The highest BCUT2D eigenvalue weighted by Gasteiger charge is 2.19. The van der Waals surface area contributed by atoms with E-state index in [9.17, 15) is 9.59 Å². The summed E-state index contributed by atoms with van der Waals surface area (Å²) >= 11 is 5.71. The lowest BCUT2D eigenvalue weighted by molar-refractivity contribution is -0.137. The van der Waals surface area contributed by atoms with E-state index in [1.165, 1.54) is 12.3 Å². The number of alkyl carbamates (subject to hydrolysis) is 1. The number of hydrogen-bond acceptors (Lipinski definition) is 4. The molecule has 0 aliphatic carbocycles. The van der Waals surface area contributed by atoms with Crippen LogP contribution in [0.25, 0.3) is 0 Å². The smallest absolute Gasteiger partial charge is 0.407 e. The van der Waals surface area contributed by atoms with E-state index in [1.807, 2.05) is 30.3 Å². The Hall–Kier alpha value is -2.60. The molecular weight excluding hydrogens is 320 g/mol. The molecule has 0 bridgehead atoms. The molecule has 23 heavy (non-hydrogen) atoms. The van der Waals surface area contributed by atoms with E-state index in [1.54, 1.807) is 6.07 Å². The van der Waals surface area contributed by atoms with Gasteiger partial charge in [0.1, 0.15) is 11.8 Å². The van der Waals surface area contributed by atoms with E-state index >= 15 is 0 Å². The molecule has 6 nitrogen and oxygen atoms in total. The lowest BCUT2D eigenvalue weighted by Crippen LogP contribution is -2.30. The number of carboxylic acid groups (broad SMARTS) is 1. The number of hydrogen-bond donors (Lipinski definition) is 2. The van der Waals surface area contributed by atoms with Crippen molar-refractivity contribution in [1.29, 1.82) is 0 Å². The minimum atomic E-state index is -1.05. The number of rotatable bonds is 6. The summed E-state index contributed by atoms with van der Waals surface area (Å²) in [6.45, 7) is 0.103. The number of halogens is 1. The van der Waals surface area contributed by atoms with Gasteiger partial charge in [-0.05, 0) is 17.2 Å². The normalized spacial score (nSPS) is 11.5. The van der Waals surface area contributed by atoms with Crippen LogP contribution in [0.3, 0.4) is 0 Å². The standard InChI is InChI=1S/C16H15ClN2O4/c17-14-7-6-12(9-18-14)13(8-15(20)21)19-16(22)23-10-11-4-2-1-3-5-11/h1-7,9,13H,8,10H2,(H,19,22)(H,20,21)/t13-/m0/s1. The van der Waals surface area contributed by atoms with Gasteiger partial charge in [0, 0.05) is 6.20 Å². The maximum Gasteiger partial charge on any atom is 0.407 e. The lowest BCUT2D eigenvalue weighted by atomic mass is 10.1. The average molecular weight is 335 g/mol. The first kappa shape index (κ1) is 16.8. The molecule has 1 amide bonds. The number of nitrogens with zero attached hydrogens (tertiary/aromatic N) is 1. The molecule has 0 spiro atoms. The number of ether oxygens (including phenoxy) is 1. The second kappa shape index (κ2) is 8.14. The van der Waals surface area contributed by atoms with Crippen molar-refractivity contribution in [3.63, 3.8) is 0 Å². The predicted molar refractivity (Wildman–Crippen MR) is 84.0 cm³/mol. The third kappa shape index (κ3) is 5.60. The van der Waals surface area contributed by atoms with Crippen LogP contribution in [-0.4, -0.2) is 22.2 Å². The molecule has 7 heteroatoms. The van der Waals surface area contributed by atoms with Gasteiger partial charge in [0.05, 0.1) is 12.5 Å². The summed E-state index contributed by atoms with van der Waals surface area (Å²) in [7, 11) is 0. The van der Waals surface area contributed by atoms with Gasteiger partial charge in [-0.3, -0.25) is 4.79 Å². The number of carbonyl (C=O) groups excluding carboxylic acids is 1. The van der Waals surface area contributed by atoms with Crippen LogP contribution in [0.15, 0.2) is 48.7 Å². The molecule has 0 aliphatic rings. The number of aliphatic carboxylic acids is 1. The highest BCUT2D eigenvalue weighted by atomic mass is 35.5. The van der Waals surface area contributed by atoms with Crippen molar-refractivity contribution >= 4 is 23.7 Å². The van der Waals surface area contributed by atoms with E-state index < -0.39 is 18.1 Å². The predicted octanol–water partition coefficient (Wildman–Crippen LogP) is 3.18. The van der Waals surface area contributed by atoms with Crippen molar-refractivity contribution in [1.82, 2.24) is 10.3 Å². The minimum absolute atomic E-state index is 0.103. The summed E-state index contributed by atoms with van der Waals surface area (Å²) in [6.07, 6.45) is 0.437. The van der Waals surface area contributed by atoms with Crippen LogP contribution in [-0.2, 0) is 16.1 Å². The zero-order chi connectivity index (χ0) is 16.7. The van der Waals surface area contributed by atoms with Crippen molar-refractivity contribution in [2.75, 3.05) is 0 Å². The molecule has 2 rings (SSSR count). The molecule has 2 aromatic rings. The summed E-state index contributed by atoms with van der Waals surface area (Å²) in [5.41, 5.74) is 1.37. The van der Waals surface area contributed by atoms with Gasteiger partial charge in [-0.25, -0.2) is 9.78 Å². The number of pyridine rings is 1. The fourth-order valence-electron chi connectivity index (χ4n) is 1.93. The van der Waals surface area contributed by atoms with Crippen LogP contribution >= 0.6 is 11.6 Å². The number of carboxylic acids is 1. The van der Waals surface area contributed by atoms with Crippen LogP contribution in [0.2, 0.25) is 5.15 Å². The third-order valence-corrected chi connectivity index (χ3v) is 3.26. The van der Waals surface area contributed by atoms with Crippen LogP contribution in [0.5, 0.6) is 0 Å². The van der Waals surface area contributed by atoms with Crippen molar-refractivity contribution in [2.45, 2.75) is 19.1 Å². The van der Waals surface area contributed by atoms with Gasteiger partial charge in [0.2, 0.25) is 0 Å². The Bertz CT molecular complexity index is 662. The molecule has 2 N–H and O–H groups in total. The highest BCUT2D eigenvalue weighted by molar-refractivity contribution is 6.29. The van der Waals surface area contributed by atoms with Gasteiger partial charge in [0.25, 0.3) is 0 Å². The largest absolute Gasteiger partial charge is 0.481 e. The molecule has 0 saturated heterocycles. The first-order chi connectivity index (χ1) is 11.0. The van der Waals surface area contributed by atoms with Gasteiger partial charge >= 0.3 is 12.1 Å². The zero-order valence-electron chi connectivity index (χ0n) is 12.1. The van der Waals surface area contributed by atoms with Crippen molar-refractivity contribution < 1.29 is 19.4 Å². The molecule has 1 atom stereocenters. The molecule has 0 radical (unpaired) electrons. The van der Waals surface area contributed by atoms with E-state index in [0.717, 1.165) is 5.56 Å². The Balaban J connectivity index is 1.98. The van der Waals surface area contributed by atoms with Crippen molar-refractivity contribution in [3.05, 3.63) is 64.9 Å². The van der Waals surface area contributed by atoms with Crippen LogP contribution in [0.4, 0.5) is 4.79 Å². The number of aromatic nitrogens is 1. The second-order valence-electron chi connectivity index (χ2n) is 4.77. The summed E-state index contributed by atoms with van der Waals surface area (Å²) in [5.74, 6) is -1.05. The molecule has 1 heterocycles. The van der Waals surface area contributed by atoms with E-state index in [-0.39, 0.29) is 18.2 Å². The highest BCUT2D eigenvalue weighted by Crippen LogP contribution is 2.18. The molecular formula is C16H15ClN2O4.